The third-order valence-electron chi connectivity index (χ3n) is 3.14. The lowest BCUT2D eigenvalue weighted by Crippen LogP contribution is -2.10. The molecule has 0 radical (unpaired) electrons. The first kappa shape index (κ1) is 14.8. The van der Waals surface area contributed by atoms with E-state index in [1.807, 2.05) is 0 Å². The maximum Gasteiger partial charge on any atom is 0.232 e. The molecule has 0 spiro atoms. The van der Waals surface area contributed by atoms with Crippen molar-refractivity contribution in [1.29, 1.82) is 0 Å². The van der Waals surface area contributed by atoms with Crippen LogP contribution in [-0.4, -0.2) is 17.1 Å². The summed E-state index contributed by atoms with van der Waals surface area (Å²) in [6.45, 7) is 4.23. The molecule has 4 nitrogen and oxygen atoms in total. The van der Waals surface area contributed by atoms with Gasteiger partial charge in [0.25, 0.3) is 0 Å². The molecule has 1 atom stereocenters. The molecule has 20 heavy (non-hydrogen) atoms. The summed E-state index contributed by atoms with van der Waals surface area (Å²) in [6.07, 6.45) is 2.73. The Bertz CT molecular complexity index is 572. The van der Waals surface area contributed by atoms with Crippen molar-refractivity contribution in [1.82, 2.24) is 9.97 Å². The third-order valence-corrected chi connectivity index (χ3v) is 3.68. The van der Waals surface area contributed by atoms with Gasteiger partial charge in [-0.15, -0.1) is 0 Å². The zero-order valence-corrected chi connectivity index (χ0v) is 13.4. The molecule has 0 aliphatic rings. The summed E-state index contributed by atoms with van der Waals surface area (Å²) in [7, 11) is 1.59. The predicted octanol–water partition coefficient (Wildman–Crippen LogP) is 3.98. The van der Waals surface area contributed by atoms with Crippen molar-refractivity contribution in [2.24, 2.45) is 0 Å². The molecule has 2 aromatic rings. The Hall–Kier alpha value is -1.62. The summed E-state index contributed by atoms with van der Waals surface area (Å²) in [4.78, 5) is 8.54. The maximum atomic E-state index is 5.17. The van der Waals surface area contributed by atoms with Gasteiger partial charge in [-0.2, -0.15) is 4.98 Å². The fraction of sp³-hybridized carbons (Fsp3) is 0.333. The molecule has 1 unspecified atom stereocenters. The highest BCUT2D eigenvalue weighted by Gasteiger charge is 2.09. The zero-order chi connectivity index (χ0) is 14.5. The molecule has 1 aromatic heterocycles. The highest BCUT2D eigenvalue weighted by atomic mass is 79.9. The summed E-state index contributed by atoms with van der Waals surface area (Å²) >= 11 is 3.34. The van der Waals surface area contributed by atoms with Crippen LogP contribution in [0.4, 0.5) is 5.95 Å². The van der Waals surface area contributed by atoms with E-state index in [2.05, 4.69) is 69.3 Å². The number of anilines is 1. The Kier molecular flexibility index (Phi) is 4.95. The monoisotopic (exact) mass is 335 g/mol. The first-order chi connectivity index (χ1) is 9.63. The molecule has 0 saturated carbocycles. The lowest BCUT2D eigenvalue weighted by atomic mass is 10.1. The van der Waals surface area contributed by atoms with E-state index >= 15 is 0 Å². The molecule has 0 aliphatic heterocycles. The molecule has 0 bridgehead atoms. The summed E-state index contributed by atoms with van der Waals surface area (Å²) in [5, 5.41) is 3.27. The minimum absolute atomic E-state index is 0.131. The van der Waals surface area contributed by atoms with Crippen molar-refractivity contribution in [2.45, 2.75) is 26.3 Å². The van der Waals surface area contributed by atoms with Crippen molar-refractivity contribution < 1.29 is 4.74 Å². The number of hydrogen-bond acceptors (Lipinski definition) is 4. The fourth-order valence-electron chi connectivity index (χ4n) is 1.88. The molecular formula is C15H18BrN3O. The minimum atomic E-state index is 0.131. The van der Waals surface area contributed by atoms with Crippen LogP contribution >= 0.6 is 15.9 Å². The highest BCUT2D eigenvalue weighted by Crippen LogP contribution is 2.24. The summed E-state index contributed by atoms with van der Waals surface area (Å²) < 4.78 is 5.91. The zero-order valence-electron chi connectivity index (χ0n) is 11.9. The van der Waals surface area contributed by atoms with E-state index in [-0.39, 0.29) is 6.04 Å². The van der Waals surface area contributed by atoms with Gasteiger partial charge in [0.1, 0.15) is 0 Å². The molecule has 0 amide bonds. The number of aromatic nitrogens is 2. The number of hydrogen-bond donors (Lipinski definition) is 1. The normalized spacial score (nSPS) is 12.0. The van der Waals surface area contributed by atoms with Crippen molar-refractivity contribution >= 4 is 21.9 Å². The average Bonchev–Trinajstić information content (AvgIpc) is 2.49. The number of nitrogens with zero attached hydrogens (tertiary/aromatic N) is 2. The Balaban J connectivity index is 2.12. The lowest BCUT2D eigenvalue weighted by molar-refractivity contribution is 0.394. The van der Waals surface area contributed by atoms with E-state index in [0.29, 0.717) is 11.8 Å². The molecule has 1 N–H and O–H groups in total. The number of benzene rings is 1. The van der Waals surface area contributed by atoms with Gasteiger partial charge in [-0.05, 0) is 40.4 Å². The molecule has 1 heterocycles. The van der Waals surface area contributed by atoms with Crippen molar-refractivity contribution in [3.63, 3.8) is 0 Å². The van der Waals surface area contributed by atoms with E-state index in [0.717, 1.165) is 10.9 Å². The fourth-order valence-corrected chi connectivity index (χ4v) is 2.24. The average molecular weight is 336 g/mol. The Labute approximate surface area is 127 Å². The number of aryl methyl sites for hydroxylation is 1. The van der Waals surface area contributed by atoms with Crippen molar-refractivity contribution in [3.05, 3.63) is 46.1 Å². The number of rotatable bonds is 5. The standard InChI is InChI=1S/C15H18BrN3O/c1-4-11-5-7-12(8-6-11)10(2)18-15-17-9-13(16)14(19-15)20-3/h5-10H,4H2,1-3H3,(H,17,18,19). The van der Waals surface area contributed by atoms with Crippen LogP contribution in [0.2, 0.25) is 0 Å². The number of nitrogens with one attached hydrogen (secondary N) is 1. The Morgan fingerprint density at radius 3 is 2.60 bits per heavy atom. The quantitative estimate of drug-likeness (QED) is 0.897. The second-order valence-corrected chi connectivity index (χ2v) is 5.37. The molecule has 0 aliphatic carbocycles. The first-order valence-corrected chi connectivity index (χ1v) is 7.35. The van der Waals surface area contributed by atoms with E-state index in [9.17, 15) is 0 Å². The SMILES string of the molecule is CCc1ccc(C(C)Nc2ncc(Br)c(OC)n2)cc1. The van der Waals surface area contributed by atoms with Gasteiger partial charge in [0.15, 0.2) is 0 Å². The van der Waals surface area contributed by atoms with Crippen molar-refractivity contribution in [2.75, 3.05) is 12.4 Å². The van der Waals surface area contributed by atoms with Crippen LogP contribution in [0.15, 0.2) is 34.9 Å². The minimum Gasteiger partial charge on any atom is -0.480 e. The smallest absolute Gasteiger partial charge is 0.232 e. The summed E-state index contributed by atoms with van der Waals surface area (Å²) in [6, 6.07) is 8.69. The van der Waals surface area contributed by atoms with E-state index < -0.39 is 0 Å². The molecule has 1 aromatic carbocycles. The van der Waals surface area contributed by atoms with Crippen LogP contribution in [0.1, 0.15) is 31.0 Å². The topological polar surface area (TPSA) is 47.0 Å². The molecule has 5 heteroatoms. The van der Waals surface area contributed by atoms with Gasteiger partial charge in [-0.25, -0.2) is 4.98 Å². The number of halogens is 1. The number of ether oxygens (including phenoxy) is 1. The van der Waals surface area contributed by atoms with Crippen LogP contribution in [-0.2, 0) is 6.42 Å². The van der Waals surface area contributed by atoms with Gasteiger partial charge in [-0.3, -0.25) is 0 Å². The summed E-state index contributed by atoms with van der Waals surface area (Å²) in [5.74, 6) is 1.08. The second kappa shape index (κ2) is 6.70. The van der Waals surface area contributed by atoms with Gasteiger partial charge < -0.3 is 10.1 Å². The van der Waals surface area contributed by atoms with E-state index in [4.69, 9.17) is 4.74 Å². The summed E-state index contributed by atoms with van der Waals surface area (Å²) in [5.41, 5.74) is 2.54. The van der Waals surface area contributed by atoms with E-state index in [1.165, 1.54) is 11.1 Å². The van der Waals surface area contributed by atoms with Crippen molar-refractivity contribution in [3.8, 4) is 5.88 Å². The van der Waals surface area contributed by atoms with Crippen LogP contribution < -0.4 is 10.1 Å². The van der Waals surface area contributed by atoms with Gasteiger partial charge >= 0.3 is 0 Å². The number of methoxy groups -OCH3 is 1. The van der Waals surface area contributed by atoms with Gasteiger partial charge in [-0.1, -0.05) is 31.2 Å². The first-order valence-electron chi connectivity index (χ1n) is 6.56. The predicted molar refractivity (Wildman–Crippen MR) is 84.1 cm³/mol. The van der Waals surface area contributed by atoms with Crippen LogP contribution in [0.25, 0.3) is 0 Å². The largest absolute Gasteiger partial charge is 0.480 e. The molecule has 106 valence electrons. The van der Waals surface area contributed by atoms with E-state index in [1.54, 1.807) is 13.3 Å². The van der Waals surface area contributed by atoms with Crippen LogP contribution in [0, 0.1) is 0 Å². The Morgan fingerprint density at radius 2 is 2.00 bits per heavy atom. The second-order valence-electron chi connectivity index (χ2n) is 4.51. The Morgan fingerprint density at radius 1 is 1.30 bits per heavy atom. The lowest BCUT2D eigenvalue weighted by Gasteiger charge is -2.15. The maximum absolute atomic E-state index is 5.17. The molecule has 0 saturated heterocycles. The highest BCUT2D eigenvalue weighted by molar-refractivity contribution is 9.10. The van der Waals surface area contributed by atoms with Gasteiger partial charge in [0, 0.05) is 0 Å². The van der Waals surface area contributed by atoms with Crippen LogP contribution in [0.3, 0.4) is 0 Å². The van der Waals surface area contributed by atoms with Crippen LogP contribution in [0.5, 0.6) is 5.88 Å². The van der Waals surface area contributed by atoms with Gasteiger partial charge in [0.05, 0.1) is 23.8 Å². The molecule has 2 rings (SSSR count). The third kappa shape index (κ3) is 3.48. The molecular weight excluding hydrogens is 318 g/mol. The molecule has 0 fully saturated rings. The van der Waals surface area contributed by atoms with Gasteiger partial charge in [0.2, 0.25) is 11.8 Å².